The average molecular weight is 314 g/mol. The van der Waals surface area contributed by atoms with Crippen molar-refractivity contribution in [3.05, 3.63) is 28.8 Å². The average Bonchev–Trinajstić information content (AvgIpc) is 2.45. The molecule has 1 aromatic rings. The van der Waals surface area contributed by atoms with Crippen LogP contribution in [0.3, 0.4) is 0 Å². The molecule has 0 aromatic heterocycles. The van der Waals surface area contributed by atoms with Gasteiger partial charge in [0, 0.05) is 6.42 Å². The first-order valence-corrected chi connectivity index (χ1v) is 7.14. The normalized spacial score (nSPS) is 11.6. The smallest absolute Gasteiger partial charge is 0.328 e. The van der Waals surface area contributed by atoms with Crippen molar-refractivity contribution in [1.82, 2.24) is 5.32 Å². The van der Waals surface area contributed by atoms with Gasteiger partial charge in [-0.3, -0.25) is 4.79 Å². The first kappa shape index (κ1) is 17.3. The van der Waals surface area contributed by atoms with E-state index in [9.17, 15) is 9.59 Å². The maximum absolute atomic E-state index is 11.8. The van der Waals surface area contributed by atoms with Crippen LogP contribution >= 0.6 is 11.6 Å². The summed E-state index contributed by atoms with van der Waals surface area (Å²) in [5, 5.41) is 3.11. The molecule has 1 unspecified atom stereocenters. The SMILES string of the molecule is CCOC(=O)C(C)NC(=O)CCc1ccc(OC)c(Cl)c1. The van der Waals surface area contributed by atoms with E-state index in [1.165, 1.54) is 0 Å². The van der Waals surface area contributed by atoms with E-state index in [2.05, 4.69) is 5.32 Å². The molecule has 5 nitrogen and oxygen atoms in total. The number of benzene rings is 1. The molecule has 0 spiro atoms. The third-order valence-electron chi connectivity index (χ3n) is 2.87. The molecule has 116 valence electrons. The highest BCUT2D eigenvalue weighted by molar-refractivity contribution is 6.32. The van der Waals surface area contributed by atoms with Gasteiger partial charge >= 0.3 is 5.97 Å². The van der Waals surface area contributed by atoms with Gasteiger partial charge in [-0.25, -0.2) is 4.79 Å². The van der Waals surface area contributed by atoms with Crippen molar-refractivity contribution in [2.45, 2.75) is 32.7 Å². The van der Waals surface area contributed by atoms with Crippen LogP contribution in [0.4, 0.5) is 0 Å². The third-order valence-corrected chi connectivity index (χ3v) is 3.17. The van der Waals surface area contributed by atoms with E-state index < -0.39 is 12.0 Å². The second-order valence-corrected chi connectivity index (χ2v) is 4.92. The Balaban J connectivity index is 2.46. The second-order valence-electron chi connectivity index (χ2n) is 4.51. The highest BCUT2D eigenvalue weighted by Crippen LogP contribution is 2.25. The standard InChI is InChI=1S/C15H20ClNO4/c1-4-21-15(19)10(2)17-14(18)8-6-11-5-7-13(20-3)12(16)9-11/h5,7,9-10H,4,6,8H2,1-3H3,(H,17,18). The minimum Gasteiger partial charge on any atom is -0.495 e. The molecule has 0 heterocycles. The summed E-state index contributed by atoms with van der Waals surface area (Å²) < 4.78 is 9.89. The molecule has 1 amide bonds. The molecule has 1 rings (SSSR count). The summed E-state index contributed by atoms with van der Waals surface area (Å²) >= 11 is 6.02. The first-order valence-electron chi connectivity index (χ1n) is 6.76. The van der Waals surface area contributed by atoms with Gasteiger partial charge in [-0.2, -0.15) is 0 Å². The van der Waals surface area contributed by atoms with Crippen LogP contribution in [0.2, 0.25) is 5.02 Å². The Bertz CT molecular complexity index is 504. The molecule has 0 radical (unpaired) electrons. The van der Waals surface area contributed by atoms with Crippen LogP contribution in [-0.2, 0) is 20.7 Å². The Morgan fingerprint density at radius 2 is 2.10 bits per heavy atom. The number of rotatable bonds is 7. The molecule has 21 heavy (non-hydrogen) atoms. The van der Waals surface area contributed by atoms with Gasteiger partial charge in [0.2, 0.25) is 5.91 Å². The van der Waals surface area contributed by atoms with Crippen molar-refractivity contribution in [3.8, 4) is 5.75 Å². The van der Waals surface area contributed by atoms with Crippen molar-refractivity contribution in [1.29, 1.82) is 0 Å². The van der Waals surface area contributed by atoms with E-state index in [0.29, 0.717) is 23.8 Å². The van der Waals surface area contributed by atoms with E-state index >= 15 is 0 Å². The van der Waals surface area contributed by atoms with Crippen LogP contribution in [-0.4, -0.2) is 31.6 Å². The van der Waals surface area contributed by atoms with Gasteiger partial charge in [-0.15, -0.1) is 0 Å². The Hall–Kier alpha value is -1.75. The Morgan fingerprint density at radius 1 is 1.38 bits per heavy atom. The highest BCUT2D eigenvalue weighted by atomic mass is 35.5. The minimum atomic E-state index is -0.642. The lowest BCUT2D eigenvalue weighted by molar-refractivity contribution is -0.146. The molecular formula is C15H20ClNO4. The molecule has 1 N–H and O–H groups in total. The molecule has 0 fully saturated rings. The summed E-state index contributed by atoms with van der Waals surface area (Å²) in [6.45, 7) is 3.61. The number of methoxy groups -OCH3 is 1. The van der Waals surface area contributed by atoms with Crippen LogP contribution in [0.25, 0.3) is 0 Å². The number of carbonyl (C=O) groups is 2. The van der Waals surface area contributed by atoms with Gasteiger partial charge in [0.15, 0.2) is 0 Å². The van der Waals surface area contributed by atoms with Gasteiger partial charge in [0.25, 0.3) is 0 Å². The zero-order valence-corrected chi connectivity index (χ0v) is 13.2. The van der Waals surface area contributed by atoms with Crippen LogP contribution in [0.15, 0.2) is 18.2 Å². The Kier molecular flexibility index (Phi) is 7.02. The van der Waals surface area contributed by atoms with Crippen LogP contribution < -0.4 is 10.1 Å². The van der Waals surface area contributed by atoms with Crippen molar-refractivity contribution in [2.24, 2.45) is 0 Å². The summed E-state index contributed by atoms with van der Waals surface area (Å²) in [6.07, 6.45) is 0.803. The van der Waals surface area contributed by atoms with E-state index in [-0.39, 0.29) is 12.3 Å². The summed E-state index contributed by atoms with van der Waals surface area (Å²) in [6, 6.07) is 4.74. The molecule has 0 saturated heterocycles. The van der Waals surface area contributed by atoms with Gasteiger partial charge in [-0.05, 0) is 38.0 Å². The van der Waals surface area contributed by atoms with Crippen molar-refractivity contribution < 1.29 is 19.1 Å². The number of carbonyl (C=O) groups excluding carboxylic acids is 2. The lowest BCUT2D eigenvalue weighted by Crippen LogP contribution is -2.39. The van der Waals surface area contributed by atoms with Crippen LogP contribution in [0, 0.1) is 0 Å². The number of hydrogen-bond acceptors (Lipinski definition) is 4. The topological polar surface area (TPSA) is 64.6 Å². The fraction of sp³-hybridized carbons (Fsp3) is 0.467. The lowest BCUT2D eigenvalue weighted by Gasteiger charge is -2.12. The van der Waals surface area contributed by atoms with Crippen LogP contribution in [0.1, 0.15) is 25.8 Å². The minimum absolute atomic E-state index is 0.206. The summed E-state index contributed by atoms with van der Waals surface area (Å²) in [5.74, 6) is -0.0402. The van der Waals surface area contributed by atoms with Gasteiger partial charge in [0.05, 0.1) is 18.7 Å². The molecule has 6 heteroatoms. The molecule has 0 aliphatic rings. The number of halogens is 1. The number of ether oxygens (including phenoxy) is 2. The fourth-order valence-electron chi connectivity index (χ4n) is 1.76. The third kappa shape index (κ3) is 5.63. The second kappa shape index (κ2) is 8.52. The van der Waals surface area contributed by atoms with E-state index in [4.69, 9.17) is 21.1 Å². The van der Waals surface area contributed by atoms with Gasteiger partial charge in [0.1, 0.15) is 11.8 Å². The molecule has 0 bridgehead atoms. The fourth-order valence-corrected chi connectivity index (χ4v) is 2.04. The van der Waals surface area contributed by atoms with Gasteiger partial charge in [-0.1, -0.05) is 17.7 Å². The lowest BCUT2D eigenvalue weighted by atomic mass is 10.1. The van der Waals surface area contributed by atoms with Crippen molar-refractivity contribution in [3.63, 3.8) is 0 Å². The summed E-state index contributed by atoms with van der Waals surface area (Å²) in [7, 11) is 1.55. The van der Waals surface area contributed by atoms with E-state index in [1.807, 2.05) is 6.07 Å². The zero-order valence-electron chi connectivity index (χ0n) is 12.4. The molecule has 1 atom stereocenters. The summed E-state index contributed by atoms with van der Waals surface area (Å²) in [4.78, 5) is 23.2. The van der Waals surface area contributed by atoms with Crippen LogP contribution in [0.5, 0.6) is 5.75 Å². The summed E-state index contributed by atoms with van der Waals surface area (Å²) in [5.41, 5.74) is 0.930. The van der Waals surface area contributed by atoms with Gasteiger partial charge < -0.3 is 14.8 Å². The van der Waals surface area contributed by atoms with Crippen molar-refractivity contribution in [2.75, 3.05) is 13.7 Å². The maximum Gasteiger partial charge on any atom is 0.328 e. The molecule has 1 aromatic carbocycles. The number of hydrogen-bond donors (Lipinski definition) is 1. The number of amides is 1. The molecular weight excluding hydrogens is 294 g/mol. The molecule has 0 aliphatic carbocycles. The number of nitrogens with one attached hydrogen (secondary N) is 1. The van der Waals surface area contributed by atoms with E-state index in [0.717, 1.165) is 5.56 Å². The number of aryl methyl sites for hydroxylation is 1. The Morgan fingerprint density at radius 3 is 2.67 bits per heavy atom. The quantitative estimate of drug-likeness (QED) is 0.785. The predicted octanol–water partition coefficient (Wildman–Crippen LogP) is 2.35. The Labute approximate surface area is 129 Å². The largest absolute Gasteiger partial charge is 0.495 e. The zero-order chi connectivity index (χ0) is 15.8. The molecule has 0 aliphatic heterocycles. The monoisotopic (exact) mass is 313 g/mol. The highest BCUT2D eigenvalue weighted by Gasteiger charge is 2.16. The van der Waals surface area contributed by atoms with E-state index in [1.54, 1.807) is 33.1 Å². The molecule has 0 saturated carbocycles. The first-order chi connectivity index (χ1) is 9.97. The van der Waals surface area contributed by atoms with Crippen molar-refractivity contribution >= 4 is 23.5 Å². The number of esters is 1. The maximum atomic E-state index is 11.8. The predicted molar refractivity (Wildman–Crippen MR) is 80.6 cm³/mol.